The highest BCUT2D eigenvalue weighted by Crippen LogP contribution is 2.48. The molecule has 21 heteroatoms. The fourth-order valence-corrected chi connectivity index (χ4v) is 22.6. The number of carbonyl (C=O) groups excluding carboxylic acids is 3. The zero-order valence-corrected chi connectivity index (χ0v) is 54.9. The molecule has 3 amide bonds. The van der Waals surface area contributed by atoms with Crippen LogP contribution >= 0.6 is 0 Å². The first-order valence-corrected chi connectivity index (χ1v) is 35.6. The van der Waals surface area contributed by atoms with Gasteiger partial charge in [-0.05, 0) is 177 Å². The Labute approximate surface area is 527 Å². The van der Waals surface area contributed by atoms with Crippen LogP contribution in [0.1, 0.15) is 149 Å². The van der Waals surface area contributed by atoms with Gasteiger partial charge < -0.3 is 33.3 Å². The van der Waals surface area contributed by atoms with Crippen LogP contribution in [-0.4, -0.2) is 155 Å². The van der Waals surface area contributed by atoms with Gasteiger partial charge in [0.2, 0.25) is 11.8 Å². The second-order valence-corrected chi connectivity index (χ2v) is 33.8. The number of nitrogens with zero attached hydrogens (tertiary/aromatic N) is 9. The number of imide groups is 1. The Hall–Kier alpha value is -6.55. The molecule has 90 heavy (non-hydrogen) atoms. The van der Waals surface area contributed by atoms with E-state index in [2.05, 4.69) is 73.7 Å². The van der Waals surface area contributed by atoms with E-state index in [9.17, 15) is 19.2 Å². The number of hydrogen-bond acceptors (Lipinski definition) is 14. The Balaban J connectivity index is 0.666. The summed E-state index contributed by atoms with van der Waals surface area (Å²) in [6.45, 7) is 23.8. The number of imidazole rings is 1. The van der Waals surface area contributed by atoms with Gasteiger partial charge in [-0.3, -0.25) is 33.9 Å². The van der Waals surface area contributed by atoms with Crippen molar-refractivity contribution < 1.29 is 41.8 Å². The number of ether oxygens (including phenoxy) is 3. The molecule has 0 saturated carbocycles. The molecule has 7 aliphatic rings. The monoisotopic (exact) mass is 1250 g/mol. The number of aromatic nitrogens is 5. The van der Waals surface area contributed by atoms with Crippen LogP contribution in [0.4, 0.5) is 19.4 Å². The SMILES string of the molecule is CCc1c(F)ccc2cc(O[Si](C(C)C)(C(C)C)C(C)C)cc(-c3ncc4c(N5CCCC6(COC6)C5)nc(OC[C@@]56CCCN5[C@H](COC(=O)N5CCC(CN7CCC(c8ccc9c(c8)n(C)c(=O)n9C8CCC(=O)NC8=O)CC7)CC5)CC6)nc4c3F)c12. The smallest absolute Gasteiger partial charge is 0.409 e. The van der Waals surface area contributed by atoms with E-state index in [0.29, 0.717) is 110 Å². The number of pyridine rings is 1. The average molecular weight is 1250 g/mol. The summed E-state index contributed by atoms with van der Waals surface area (Å²) in [4.78, 5) is 75.9. The van der Waals surface area contributed by atoms with Gasteiger partial charge in [0.15, 0.2) is 5.82 Å². The molecular weight excluding hydrogens is 1160 g/mol. The molecule has 10 heterocycles. The van der Waals surface area contributed by atoms with E-state index in [1.54, 1.807) is 23.9 Å². The lowest BCUT2D eigenvalue weighted by molar-refractivity contribution is -0.135. The number of amides is 3. The van der Waals surface area contributed by atoms with Gasteiger partial charge in [0.05, 0.1) is 35.2 Å². The van der Waals surface area contributed by atoms with Crippen LogP contribution in [0.5, 0.6) is 11.8 Å². The topological polar surface area (TPSA) is 179 Å². The third-order valence-corrected chi connectivity index (χ3v) is 28.2. The number of aryl methyl sites for hydroxylation is 2. The van der Waals surface area contributed by atoms with Crippen LogP contribution in [0, 0.1) is 23.0 Å². The summed E-state index contributed by atoms with van der Waals surface area (Å²) in [7, 11) is -0.734. The molecule has 3 atom stereocenters. The molecule has 3 aromatic heterocycles. The Morgan fingerprint density at radius 2 is 1.60 bits per heavy atom. The summed E-state index contributed by atoms with van der Waals surface area (Å²) >= 11 is 0. The van der Waals surface area contributed by atoms with Crippen LogP contribution in [0.2, 0.25) is 16.6 Å². The fraction of sp³-hybridized carbons (Fsp3) is 0.609. The van der Waals surface area contributed by atoms with Gasteiger partial charge >= 0.3 is 17.8 Å². The zero-order valence-electron chi connectivity index (χ0n) is 53.9. The fourth-order valence-electron chi connectivity index (χ4n) is 17.4. The number of nitrogens with one attached hydrogen (secondary N) is 1. The Kier molecular flexibility index (Phi) is 17.2. The van der Waals surface area contributed by atoms with Gasteiger partial charge in [0, 0.05) is 69.4 Å². The number of likely N-dealkylation sites (tertiary alicyclic amines) is 2. The Morgan fingerprint density at radius 1 is 0.844 bits per heavy atom. The Bertz CT molecular complexity index is 3780. The van der Waals surface area contributed by atoms with E-state index in [1.807, 2.05) is 30.0 Å². The van der Waals surface area contributed by atoms with E-state index in [0.717, 1.165) is 108 Å². The van der Waals surface area contributed by atoms with Gasteiger partial charge in [-0.1, -0.05) is 60.6 Å². The molecule has 0 aliphatic carbocycles. The van der Waals surface area contributed by atoms with Crippen molar-refractivity contribution >= 4 is 64.8 Å². The largest absolute Gasteiger partial charge is 0.543 e. The highest BCUT2D eigenvalue weighted by atomic mass is 28.4. The molecule has 0 radical (unpaired) electrons. The van der Waals surface area contributed by atoms with Crippen LogP contribution in [0.15, 0.2) is 53.5 Å². The lowest BCUT2D eigenvalue weighted by Crippen LogP contribution is -2.54. The summed E-state index contributed by atoms with van der Waals surface area (Å²) in [5.41, 5.74) is 4.08. The number of rotatable bonds is 17. The van der Waals surface area contributed by atoms with Gasteiger partial charge in [-0.15, -0.1) is 0 Å². The molecule has 13 rings (SSSR count). The van der Waals surface area contributed by atoms with Crippen molar-refractivity contribution in [2.45, 2.75) is 172 Å². The molecule has 1 spiro atoms. The molecule has 1 N–H and O–H groups in total. The molecule has 482 valence electrons. The van der Waals surface area contributed by atoms with Gasteiger partial charge in [0.1, 0.15) is 47.9 Å². The second-order valence-electron chi connectivity index (χ2n) is 28.4. The minimum absolute atomic E-state index is 0.00387. The van der Waals surface area contributed by atoms with Crippen molar-refractivity contribution in [3.8, 4) is 23.0 Å². The number of hydrogen-bond donors (Lipinski definition) is 1. The minimum Gasteiger partial charge on any atom is -0.543 e. The van der Waals surface area contributed by atoms with Gasteiger partial charge in [-0.25, -0.2) is 18.4 Å². The first kappa shape index (κ1) is 62.3. The summed E-state index contributed by atoms with van der Waals surface area (Å²) < 4.78 is 63.2. The van der Waals surface area contributed by atoms with Crippen LogP contribution in [-0.2, 0) is 32.5 Å². The number of fused-ring (bicyclic) bond motifs is 4. The van der Waals surface area contributed by atoms with Crippen LogP contribution in [0.25, 0.3) is 44.0 Å². The highest BCUT2D eigenvalue weighted by Gasteiger charge is 2.51. The number of halogens is 2. The van der Waals surface area contributed by atoms with E-state index in [-0.39, 0.29) is 80.8 Å². The third kappa shape index (κ3) is 11.3. The van der Waals surface area contributed by atoms with Crippen LogP contribution < -0.4 is 25.1 Å². The predicted octanol–water partition coefficient (Wildman–Crippen LogP) is 11.6. The van der Waals surface area contributed by atoms with E-state index in [4.69, 9.17) is 33.6 Å². The van der Waals surface area contributed by atoms with Crippen molar-refractivity contribution in [3.63, 3.8) is 0 Å². The summed E-state index contributed by atoms with van der Waals surface area (Å²) in [5.74, 6) is 0.334. The lowest BCUT2D eigenvalue weighted by Gasteiger charge is -2.48. The molecule has 1 unspecified atom stereocenters. The number of anilines is 1. The minimum atomic E-state index is -2.48. The average Bonchev–Trinajstić information content (AvgIpc) is 0.973. The standard InChI is InChI=1S/C69H90F2N10O8Si/c1-9-51-54(70)14-12-48-32-50(89-90(42(2)3,43(4)5)44(6)7)34-52(59(48)51)61-60(71)62-53(35-72-61)63(79-26-10-23-68(38-79)39-86-40-68)75-65(74-62)88-41-69-24-11-27-80(69)49(18-25-69)37-87-67(85)78-30-19-45(20-31-78)36-77-28-21-46(22-29-77)47-13-15-55-57(33-47)76(8)66(84)81(55)56-16-17-58(82)73-64(56)83/h12-15,32-35,42-46,49,56H,9-11,16-31,36-41H2,1-8H3,(H,73,82,83)/t49-,56?,69-/m0/s1. The molecule has 7 saturated heterocycles. The zero-order chi connectivity index (χ0) is 63.0. The van der Waals surface area contributed by atoms with E-state index >= 15 is 8.78 Å². The third-order valence-electron chi connectivity index (χ3n) is 22.2. The summed E-state index contributed by atoms with van der Waals surface area (Å²) in [5, 5.41) is 4.24. The highest BCUT2D eigenvalue weighted by molar-refractivity contribution is 6.78. The maximum Gasteiger partial charge on any atom is 0.409 e. The second kappa shape index (κ2) is 24.8. The molecule has 0 bridgehead atoms. The predicted molar refractivity (Wildman–Crippen MR) is 346 cm³/mol. The number of piperidine rings is 4. The number of benzene rings is 3. The maximum absolute atomic E-state index is 18.2. The van der Waals surface area contributed by atoms with Crippen molar-refractivity contribution in [1.82, 2.24) is 44.1 Å². The molecular formula is C69H90F2N10O8Si. The molecule has 7 fully saturated rings. The molecule has 6 aromatic rings. The van der Waals surface area contributed by atoms with E-state index < -0.39 is 26.1 Å². The normalized spacial score (nSPS) is 23.1. The lowest BCUT2D eigenvalue weighted by atomic mass is 9.78. The first-order chi connectivity index (χ1) is 43.3. The quantitative estimate of drug-likeness (QED) is 0.0673. The van der Waals surface area contributed by atoms with Crippen molar-refractivity contribution in [1.29, 1.82) is 0 Å². The molecule has 3 aromatic carbocycles. The van der Waals surface area contributed by atoms with Gasteiger partial charge in [-0.2, -0.15) is 9.97 Å². The number of carbonyl (C=O) groups is 3. The van der Waals surface area contributed by atoms with Crippen molar-refractivity contribution in [2.75, 3.05) is 83.7 Å². The van der Waals surface area contributed by atoms with Crippen molar-refractivity contribution in [3.05, 3.63) is 81.9 Å². The maximum atomic E-state index is 18.2. The molecule has 7 aliphatic heterocycles. The van der Waals surface area contributed by atoms with E-state index in [1.165, 1.54) is 16.2 Å². The molecule has 18 nitrogen and oxygen atoms in total. The van der Waals surface area contributed by atoms with Crippen molar-refractivity contribution in [2.24, 2.45) is 18.4 Å². The Morgan fingerprint density at radius 3 is 2.31 bits per heavy atom. The first-order valence-electron chi connectivity index (χ1n) is 33.5. The summed E-state index contributed by atoms with van der Waals surface area (Å²) in [6, 6.07) is 12.7. The summed E-state index contributed by atoms with van der Waals surface area (Å²) in [6.07, 6.45) is 11.7. The van der Waals surface area contributed by atoms with Crippen LogP contribution in [0.3, 0.4) is 0 Å². The van der Waals surface area contributed by atoms with Gasteiger partial charge in [0.25, 0.3) is 8.32 Å².